The molecule has 73 heavy (non-hydrogen) atoms. The van der Waals surface area contributed by atoms with Crippen LogP contribution in [-0.2, 0) is 35.8 Å². The van der Waals surface area contributed by atoms with Crippen molar-refractivity contribution in [2.24, 2.45) is 16.6 Å². The number of nitrogens with one attached hydrogen (secondary N) is 5. The number of aliphatic hydroxyl groups excluding tert-OH is 2. The summed E-state index contributed by atoms with van der Waals surface area (Å²) in [4.78, 5) is 81.1. The summed E-state index contributed by atoms with van der Waals surface area (Å²) in [6, 6.07) is 11.8. The fraction of sp³-hybridized carbons (Fsp3) is 0.417. The second kappa shape index (κ2) is 25.4. The average Bonchev–Trinajstić information content (AvgIpc) is 3.34. The molecular weight excluding hydrogens is 969 g/mol. The highest BCUT2D eigenvalue weighted by molar-refractivity contribution is 7.87. The molecule has 0 fully saturated rings. The Labute approximate surface area is 422 Å². The van der Waals surface area contributed by atoms with Gasteiger partial charge in [-0.05, 0) is 94.3 Å². The lowest BCUT2D eigenvalue weighted by molar-refractivity contribution is -0.141. The van der Waals surface area contributed by atoms with Gasteiger partial charge in [-0.2, -0.15) is 18.4 Å². The zero-order chi connectivity index (χ0) is 53.7. The molecule has 24 nitrogen and oxygen atoms in total. The summed E-state index contributed by atoms with van der Waals surface area (Å²) >= 11 is 0. The second-order valence-corrected chi connectivity index (χ2v) is 18.8. The molecule has 0 saturated heterocycles. The number of carbonyl (C=O) groups excluding carboxylic acids is 5. The highest BCUT2D eigenvalue weighted by atomic mass is 32.2. The predicted octanol–water partition coefficient (Wildman–Crippen LogP) is -1.11. The number of likely N-dealkylation sites (N-methyl/N-ethyl adjacent to an activating group) is 1. The van der Waals surface area contributed by atoms with Crippen LogP contribution in [0, 0.1) is 25.2 Å². The minimum absolute atomic E-state index is 0.0334. The number of carbonyl (C=O) groups is 5. The van der Waals surface area contributed by atoms with Gasteiger partial charge in [-0.25, -0.2) is 15.1 Å². The van der Waals surface area contributed by atoms with Gasteiger partial charge in [-0.1, -0.05) is 12.1 Å². The number of ether oxygens (including phenoxy) is 3. The maximum Gasteiger partial charge on any atom is 0.274 e. The number of benzene rings is 3. The minimum atomic E-state index is -4.49. The molecule has 4 bridgehead atoms. The molecule has 1 aliphatic heterocycles. The summed E-state index contributed by atoms with van der Waals surface area (Å²) in [6.07, 6.45) is -2.41. The van der Waals surface area contributed by atoms with Crippen LogP contribution in [0.5, 0.6) is 17.2 Å². The highest BCUT2D eigenvalue weighted by Gasteiger charge is 2.37. The molecule has 3 aromatic carbocycles. The van der Waals surface area contributed by atoms with Gasteiger partial charge in [0.1, 0.15) is 73.4 Å². The van der Waals surface area contributed by atoms with Crippen LogP contribution in [-0.4, -0.2) is 146 Å². The third-order valence-electron chi connectivity index (χ3n) is 11.3. The van der Waals surface area contributed by atoms with E-state index in [1.165, 1.54) is 38.2 Å². The van der Waals surface area contributed by atoms with E-state index in [-0.39, 0.29) is 96.3 Å². The first-order valence-electron chi connectivity index (χ1n) is 23.1. The lowest BCUT2D eigenvalue weighted by Gasteiger charge is -2.33. The van der Waals surface area contributed by atoms with Gasteiger partial charge in [0.05, 0.1) is 29.1 Å². The van der Waals surface area contributed by atoms with Crippen LogP contribution in [0.4, 0.5) is 0 Å². The molecule has 4 aromatic rings. The summed E-state index contributed by atoms with van der Waals surface area (Å²) in [6.45, 7) is 6.14. The number of aliphatic hydroxyl groups is 2. The van der Waals surface area contributed by atoms with Crippen LogP contribution in [0.1, 0.15) is 59.7 Å². The number of fused-ring (bicyclic) bond motifs is 5. The summed E-state index contributed by atoms with van der Waals surface area (Å²) < 4.78 is 44.5. The lowest BCUT2D eigenvalue weighted by atomic mass is 9.93. The Hall–Kier alpha value is -7.31. The van der Waals surface area contributed by atoms with Crippen LogP contribution < -0.4 is 56.8 Å². The van der Waals surface area contributed by atoms with E-state index in [0.717, 1.165) is 4.90 Å². The lowest BCUT2D eigenvalue weighted by Crippen LogP contribution is -2.57. The average molecular weight is 1030 g/mol. The van der Waals surface area contributed by atoms with Gasteiger partial charge in [0, 0.05) is 49.8 Å². The van der Waals surface area contributed by atoms with E-state index in [9.17, 15) is 47.9 Å². The third-order valence-corrected chi connectivity index (χ3v) is 11.9. The molecule has 25 heteroatoms. The molecular formula is C48H62N12O12S. The Morgan fingerprint density at radius 2 is 1.49 bits per heavy atom. The maximum atomic E-state index is 14.9. The van der Waals surface area contributed by atoms with E-state index >= 15 is 0 Å². The van der Waals surface area contributed by atoms with Crippen molar-refractivity contribution in [2.75, 3.05) is 46.4 Å². The van der Waals surface area contributed by atoms with Crippen LogP contribution >= 0.6 is 0 Å². The summed E-state index contributed by atoms with van der Waals surface area (Å²) in [5.41, 5.74) is 13.4. The van der Waals surface area contributed by atoms with Crippen molar-refractivity contribution < 1.29 is 56.8 Å². The Morgan fingerprint density at radius 1 is 0.904 bits per heavy atom. The minimum Gasteiger partial charge on any atom is -0.491 e. The van der Waals surface area contributed by atoms with E-state index in [4.69, 9.17) is 30.8 Å². The van der Waals surface area contributed by atoms with Crippen LogP contribution in [0.25, 0.3) is 22.5 Å². The van der Waals surface area contributed by atoms with E-state index in [1.54, 1.807) is 50.2 Å². The molecule has 6 atom stereocenters. The van der Waals surface area contributed by atoms with E-state index in [0.29, 0.717) is 16.9 Å². The topological polar surface area (TPSA) is 379 Å². The van der Waals surface area contributed by atoms with Gasteiger partial charge in [-0.15, -0.1) is 0 Å². The third kappa shape index (κ3) is 15.4. The van der Waals surface area contributed by atoms with Crippen molar-refractivity contribution >= 4 is 39.7 Å². The van der Waals surface area contributed by atoms with Crippen molar-refractivity contribution in [1.82, 2.24) is 40.9 Å². The van der Waals surface area contributed by atoms with Crippen molar-refractivity contribution in [2.45, 2.75) is 83.5 Å². The standard InChI is InChI=1S/C48H62N12O12S/c1-25(2)72-34-11-8-30(9-12-34)43-55-26(3)41(27(4)56-43)46(65)59-38(22-54-73(52,68)69)48(67)60(6)42-31-10-14-40(71-24-33(62)21-51)36(19-31)35-17-29(7-13-39(35)70-23-32(61)20-50)18-37(45(64)53-16-15-49)58-44(63)28(5)57-47(42)66/h7-14,17,19,25,28,32-33,37-38,42,54,61-62H,16,18,20-24,50-51H2,1-6H3,(H,53,64)(H,57,66)(H,58,63)(H,59,65)(H2,52,68,69)/t28-,32+,33+,37-,38-,42-/m0/s1. The monoisotopic (exact) mass is 1030 g/mol. The first-order chi connectivity index (χ1) is 34.5. The van der Waals surface area contributed by atoms with Gasteiger partial charge in [0.25, 0.3) is 16.1 Å². The molecule has 0 spiro atoms. The Morgan fingerprint density at radius 3 is 2.05 bits per heavy atom. The molecule has 1 aliphatic rings. The summed E-state index contributed by atoms with van der Waals surface area (Å²) in [5, 5.41) is 45.6. The zero-order valence-electron chi connectivity index (χ0n) is 41.2. The number of nitrogens with zero attached hydrogens (tertiary/aromatic N) is 4. The van der Waals surface area contributed by atoms with Gasteiger partial charge >= 0.3 is 0 Å². The number of aromatic nitrogens is 2. The molecule has 13 N–H and O–H groups in total. The molecule has 5 rings (SSSR count). The Bertz CT molecular complexity index is 2790. The molecule has 0 saturated carbocycles. The molecule has 0 unspecified atom stereocenters. The van der Waals surface area contributed by atoms with Crippen LogP contribution in [0.15, 0.2) is 60.7 Å². The van der Waals surface area contributed by atoms with Crippen molar-refractivity contribution in [3.05, 3.63) is 88.7 Å². The number of nitrogens with two attached hydrogens (primary N) is 3. The molecule has 0 aliphatic carbocycles. The maximum absolute atomic E-state index is 14.9. The van der Waals surface area contributed by atoms with Gasteiger partial charge in [0.2, 0.25) is 23.6 Å². The first-order valence-corrected chi connectivity index (χ1v) is 24.6. The molecule has 2 heterocycles. The van der Waals surface area contributed by atoms with E-state index < -0.39 is 82.7 Å². The van der Waals surface area contributed by atoms with Gasteiger partial charge in [0.15, 0.2) is 5.82 Å². The van der Waals surface area contributed by atoms with E-state index in [2.05, 4.69) is 31.2 Å². The largest absolute Gasteiger partial charge is 0.491 e. The van der Waals surface area contributed by atoms with Crippen LogP contribution in [0.3, 0.4) is 0 Å². The SMILES string of the molecule is Cc1nc(-c2ccc(OC(C)C)cc2)nc(C)c1C(=O)N[C@@H](CNS(N)(=O)=O)C(=O)N(C)[C@@H]1C(=O)N[C@@H](C)C(=O)N[C@H](C(=O)NCC#N)Cc2ccc(OC[C@H](O)CN)c(c2)-c2cc1ccc2OC[C@H](O)CN. The Kier molecular flexibility index (Phi) is 19.7. The van der Waals surface area contributed by atoms with E-state index in [1.807, 2.05) is 24.6 Å². The summed E-state index contributed by atoms with van der Waals surface area (Å²) in [7, 11) is -3.28. The van der Waals surface area contributed by atoms with Crippen LogP contribution in [0.2, 0.25) is 0 Å². The number of hydrogen-bond donors (Lipinski definition) is 10. The van der Waals surface area contributed by atoms with Crippen molar-refractivity contribution in [1.29, 1.82) is 5.26 Å². The first kappa shape index (κ1) is 56.6. The fourth-order valence-electron chi connectivity index (χ4n) is 7.63. The van der Waals surface area contributed by atoms with Crippen molar-refractivity contribution in [3.63, 3.8) is 0 Å². The van der Waals surface area contributed by atoms with Gasteiger partial charge < -0.3 is 62.1 Å². The normalized spacial score (nSPS) is 17.1. The number of nitriles is 1. The highest BCUT2D eigenvalue weighted by Crippen LogP contribution is 2.40. The Balaban J connectivity index is 1.64. The molecule has 5 amide bonds. The zero-order valence-corrected chi connectivity index (χ0v) is 42.0. The number of rotatable bonds is 20. The fourth-order valence-corrected chi connectivity index (χ4v) is 8.03. The number of aryl methyl sites for hydroxylation is 2. The quantitative estimate of drug-likeness (QED) is 0.0469. The second-order valence-electron chi connectivity index (χ2n) is 17.4. The van der Waals surface area contributed by atoms with Gasteiger partial charge in [-0.3, -0.25) is 24.0 Å². The summed E-state index contributed by atoms with van der Waals surface area (Å²) in [5.74, 6) is -3.24. The predicted molar refractivity (Wildman–Crippen MR) is 265 cm³/mol. The van der Waals surface area contributed by atoms with Crippen molar-refractivity contribution in [3.8, 4) is 45.8 Å². The number of hydrogen-bond acceptors (Lipinski definition) is 17. The number of amides is 5. The molecule has 1 aromatic heterocycles. The molecule has 0 radical (unpaired) electrons. The molecule has 392 valence electrons. The smallest absolute Gasteiger partial charge is 0.274 e.